The molecular weight excluding hydrogens is 223 g/mol. The van der Waals surface area contributed by atoms with Gasteiger partial charge >= 0.3 is 6.18 Å². The Balaban J connectivity index is 2.57. The Labute approximate surface area is 91.0 Å². The quantitative estimate of drug-likeness (QED) is 0.818. The second kappa shape index (κ2) is 5.24. The zero-order chi connectivity index (χ0) is 12.2. The number of alkyl halides is 3. The highest BCUT2D eigenvalue weighted by Crippen LogP contribution is 2.22. The maximum absolute atomic E-state index is 12.2. The van der Waals surface area contributed by atoms with Gasteiger partial charge in [-0.2, -0.15) is 18.0 Å². The first-order valence-corrected chi connectivity index (χ1v) is 4.93. The number of aromatic nitrogens is 4. The third kappa shape index (κ3) is 4.56. The molecule has 1 aromatic rings. The molecule has 0 aliphatic carbocycles. The van der Waals surface area contributed by atoms with Crippen LogP contribution in [-0.4, -0.2) is 39.0 Å². The molecular formula is C8H14F3N5. The molecule has 1 aromatic heterocycles. The number of nitrogens with one attached hydrogen (secondary N) is 1. The van der Waals surface area contributed by atoms with E-state index in [1.807, 2.05) is 0 Å². The van der Waals surface area contributed by atoms with Crippen LogP contribution >= 0.6 is 0 Å². The van der Waals surface area contributed by atoms with E-state index in [-0.39, 0.29) is 6.42 Å². The minimum Gasteiger partial charge on any atom is -0.313 e. The molecule has 0 radical (unpaired) electrons. The van der Waals surface area contributed by atoms with Crippen molar-refractivity contribution in [3.05, 3.63) is 5.82 Å². The zero-order valence-corrected chi connectivity index (χ0v) is 9.12. The van der Waals surface area contributed by atoms with E-state index in [1.54, 1.807) is 14.0 Å². The van der Waals surface area contributed by atoms with E-state index < -0.39 is 18.6 Å². The van der Waals surface area contributed by atoms with Crippen molar-refractivity contribution in [1.82, 2.24) is 25.5 Å². The molecule has 0 aliphatic rings. The summed E-state index contributed by atoms with van der Waals surface area (Å²) in [6, 6.07) is -0.700. The molecule has 0 amide bonds. The van der Waals surface area contributed by atoms with Gasteiger partial charge in [0.15, 0.2) is 5.82 Å². The lowest BCUT2D eigenvalue weighted by Gasteiger charge is -2.17. The summed E-state index contributed by atoms with van der Waals surface area (Å²) < 4.78 is 36.7. The van der Waals surface area contributed by atoms with Crippen molar-refractivity contribution < 1.29 is 13.2 Å². The van der Waals surface area contributed by atoms with Gasteiger partial charge in [0.1, 0.15) is 0 Å². The van der Waals surface area contributed by atoms with Gasteiger partial charge in [0.05, 0.1) is 13.5 Å². The summed E-state index contributed by atoms with van der Waals surface area (Å²) in [6.45, 7) is 2.23. The van der Waals surface area contributed by atoms with Crippen LogP contribution in [-0.2, 0) is 13.5 Å². The SMILES string of the molecule is CCNC(Cc1nnn(C)n1)CC(F)(F)F. The summed E-state index contributed by atoms with van der Waals surface area (Å²) in [7, 11) is 1.57. The average Bonchev–Trinajstić information content (AvgIpc) is 2.48. The molecule has 1 rings (SSSR count). The standard InChI is InChI=1S/C8H14F3N5/c1-3-12-6(5-8(9,10)11)4-7-13-15-16(2)14-7/h6,12H,3-5H2,1-2H3. The Hall–Kier alpha value is -1.18. The first kappa shape index (κ1) is 12.9. The molecule has 0 aliphatic heterocycles. The molecule has 5 nitrogen and oxygen atoms in total. The number of hydrogen-bond donors (Lipinski definition) is 1. The van der Waals surface area contributed by atoms with Crippen LogP contribution in [0.4, 0.5) is 13.2 Å². The zero-order valence-electron chi connectivity index (χ0n) is 9.12. The molecule has 0 saturated carbocycles. The van der Waals surface area contributed by atoms with E-state index in [0.29, 0.717) is 12.4 Å². The normalized spacial score (nSPS) is 14.1. The Morgan fingerprint density at radius 3 is 2.56 bits per heavy atom. The number of aryl methyl sites for hydroxylation is 1. The molecule has 92 valence electrons. The lowest BCUT2D eigenvalue weighted by atomic mass is 10.1. The summed E-state index contributed by atoms with van der Waals surface area (Å²) in [6.07, 6.45) is -4.95. The molecule has 1 N–H and O–H groups in total. The van der Waals surface area contributed by atoms with E-state index in [9.17, 15) is 13.2 Å². The lowest BCUT2D eigenvalue weighted by molar-refractivity contribution is -0.139. The first-order chi connectivity index (χ1) is 7.40. The monoisotopic (exact) mass is 237 g/mol. The number of nitrogens with zero attached hydrogens (tertiary/aromatic N) is 4. The average molecular weight is 237 g/mol. The number of rotatable bonds is 5. The summed E-state index contributed by atoms with van der Waals surface area (Å²) in [5.74, 6) is 0.317. The third-order valence-electron chi connectivity index (χ3n) is 1.95. The molecule has 0 aromatic carbocycles. The van der Waals surface area contributed by atoms with Crippen LogP contribution in [0.2, 0.25) is 0 Å². The molecule has 1 atom stereocenters. The summed E-state index contributed by atoms with van der Waals surface area (Å²) in [5, 5.41) is 13.8. The highest BCUT2D eigenvalue weighted by Gasteiger charge is 2.32. The van der Waals surface area contributed by atoms with Crippen LogP contribution in [0.1, 0.15) is 19.2 Å². The maximum atomic E-state index is 12.2. The highest BCUT2D eigenvalue weighted by molar-refractivity contribution is 4.85. The van der Waals surface area contributed by atoms with E-state index in [1.165, 1.54) is 4.80 Å². The van der Waals surface area contributed by atoms with Gasteiger partial charge in [-0.25, -0.2) is 0 Å². The number of hydrogen-bond acceptors (Lipinski definition) is 4. The topological polar surface area (TPSA) is 55.6 Å². The van der Waals surface area contributed by atoms with Crippen molar-refractivity contribution in [3.63, 3.8) is 0 Å². The van der Waals surface area contributed by atoms with Crippen LogP contribution < -0.4 is 5.32 Å². The molecule has 1 unspecified atom stereocenters. The summed E-state index contributed by atoms with van der Waals surface area (Å²) in [5.41, 5.74) is 0. The van der Waals surface area contributed by atoms with Crippen LogP contribution in [0.3, 0.4) is 0 Å². The number of tetrazole rings is 1. The second-order valence-electron chi connectivity index (χ2n) is 3.47. The van der Waals surface area contributed by atoms with Gasteiger partial charge in [-0.05, 0) is 11.8 Å². The van der Waals surface area contributed by atoms with Gasteiger partial charge in [0.25, 0.3) is 0 Å². The van der Waals surface area contributed by atoms with Crippen molar-refractivity contribution in [3.8, 4) is 0 Å². The first-order valence-electron chi connectivity index (χ1n) is 4.93. The van der Waals surface area contributed by atoms with E-state index in [4.69, 9.17) is 0 Å². The van der Waals surface area contributed by atoms with Gasteiger partial charge in [-0.15, -0.1) is 10.2 Å². The fraction of sp³-hybridized carbons (Fsp3) is 0.875. The fourth-order valence-corrected chi connectivity index (χ4v) is 1.41. The van der Waals surface area contributed by atoms with Crippen LogP contribution in [0.25, 0.3) is 0 Å². The highest BCUT2D eigenvalue weighted by atomic mass is 19.4. The van der Waals surface area contributed by atoms with Crippen molar-refractivity contribution in [1.29, 1.82) is 0 Å². The third-order valence-corrected chi connectivity index (χ3v) is 1.95. The van der Waals surface area contributed by atoms with Crippen LogP contribution in [0, 0.1) is 0 Å². The fourth-order valence-electron chi connectivity index (χ4n) is 1.41. The minimum absolute atomic E-state index is 0.126. The Kier molecular flexibility index (Phi) is 4.22. The summed E-state index contributed by atoms with van der Waals surface area (Å²) >= 11 is 0. The van der Waals surface area contributed by atoms with Gasteiger partial charge in [-0.3, -0.25) is 0 Å². The molecule has 16 heavy (non-hydrogen) atoms. The maximum Gasteiger partial charge on any atom is 0.390 e. The van der Waals surface area contributed by atoms with E-state index in [2.05, 4.69) is 20.7 Å². The number of likely N-dealkylation sites (N-methyl/N-ethyl adjacent to an activating group) is 1. The molecule has 0 saturated heterocycles. The molecule has 0 spiro atoms. The van der Waals surface area contributed by atoms with Crippen molar-refractivity contribution in [2.45, 2.75) is 32.0 Å². The van der Waals surface area contributed by atoms with E-state index in [0.717, 1.165) is 0 Å². The van der Waals surface area contributed by atoms with Gasteiger partial charge in [-0.1, -0.05) is 6.92 Å². The number of halogens is 3. The Morgan fingerprint density at radius 1 is 1.44 bits per heavy atom. The van der Waals surface area contributed by atoms with Gasteiger partial charge in [0.2, 0.25) is 0 Å². The van der Waals surface area contributed by atoms with Crippen LogP contribution in [0.15, 0.2) is 0 Å². The van der Waals surface area contributed by atoms with Crippen molar-refractivity contribution in [2.24, 2.45) is 7.05 Å². The van der Waals surface area contributed by atoms with Gasteiger partial charge in [0, 0.05) is 12.5 Å². The van der Waals surface area contributed by atoms with Crippen molar-refractivity contribution >= 4 is 0 Å². The predicted molar refractivity (Wildman–Crippen MR) is 50.6 cm³/mol. The lowest BCUT2D eigenvalue weighted by Crippen LogP contribution is -2.35. The molecule has 0 fully saturated rings. The Bertz CT molecular complexity index is 322. The van der Waals surface area contributed by atoms with Gasteiger partial charge < -0.3 is 5.32 Å². The van der Waals surface area contributed by atoms with Crippen LogP contribution in [0.5, 0.6) is 0 Å². The van der Waals surface area contributed by atoms with Crippen molar-refractivity contribution in [2.75, 3.05) is 6.54 Å². The molecule has 0 bridgehead atoms. The largest absolute Gasteiger partial charge is 0.390 e. The predicted octanol–water partition coefficient (Wildman–Crippen LogP) is 0.683. The second-order valence-corrected chi connectivity index (χ2v) is 3.47. The smallest absolute Gasteiger partial charge is 0.313 e. The molecule has 1 heterocycles. The Morgan fingerprint density at radius 2 is 2.12 bits per heavy atom. The summed E-state index contributed by atoms with van der Waals surface area (Å²) in [4.78, 5) is 1.23. The minimum atomic E-state index is -4.19. The molecule has 8 heteroatoms. The van der Waals surface area contributed by atoms with E-state index >= 15 is 0 Å².